The molecule has 120 valence electrons. The topological polar surface area (TPSA) is 69.6 Å². The zero-order valence-corrected chi connectivity index (χ0v) is 13.2. The van der Waals surface area contributed by atoms with Gasteiger partial charge in [-0.2, -0.15) is 0 Å². The summed E-state index contributed by atoms with van der Waals surface area (Å²) >= 11 is 0. The second-order valence-corrected chi connectivity index (χ2v) is 5.63. The fourth-order valence-corrected chi connectivity index (χ4v) is 2.31. The van der Waals surface area contributed by atoms with E-state index in [1.54, 1.807) is 0 Å². The van der Waals surface area contributed by atoms with Crippen LogP contribution >= 0.6 is 0 Å². The van der Waals surface area contributed by atoms with Gasteiger partial charge in [-0.3, -0.25) is 10.1 Å². The SMILES string of the molecule is CCCCCCCC(O)NC(CCCCCC)C(=O)O. The molecule has 0 aliphatic carbocycles. The second-order valence-electron chi connectivity index (χ2n) is 5.63. The van der Waals surface area contributed by atoms with Crippen molar-refractivity contribution >= 4 is 5.97 Å². The van der Waals surface area contributed by atoms with E-state index in [1.165, 1.54) is 19.3 Å². The number of aliphatic hydroxyl groups is 1. The van der Waals surface area contributed by atoms with Crippen LogP contribution in [-0.4, -0.2) is 28.5 Å². The molecule has 4 nitrogen and oxygen atoms in total. The van der Waals surface area contributed by atoms with Crippen LogP contribution in [0.1, 0.15) is 84.5 Å². The van der Waals surface area contributed by atoms with E-state index in [9.17, 15) is 9.90 Å². The van der Waals surface area contributed by atoms with Gasteiger partial charge in [0.15, 0.2) is 0 Å². The largest absolute Gasteiger partial charge is 0.480 e. The summed E-state index contributed by atoms with van der Waals surface area (Å²) in [5.74, 6) is -0.855. The van der Waals surface area contributed by atoms with Crippen LogP contribution in [0.2, 0.25) is 0 Å². The Hall–Kier alpha value is -0.610. The Labute approximate surface area is 124 Å². The minimum absolute atomic E-state index is 0.599. The van der Waals surface area contributed by atoms with Gasteiger partial charge in [0.1, 0.15) is 12.3 Å². The number of carboxylic acid groups (broad SMARTS) is 1. The highest BCUT2D eigenvalue weighted by Gasteiger charge is 2.19. The summed E-state index contributed by atoms with van der Waals surface area (Å²) < 4.78 is 0. The zero-order chi connectivity index (χ0) is 15.2. The molecule has 0 aliphatic heterocycles. The van der Waals surface area contributed by atoms with Gasteiger partial charge in [0, 0.05) is 0 Å². The first kappa shape index (κ1) is 19.4. The highest BCUT2D eigenvalue weighted by molar-refractivity contribution is 5.73. The van der Waals surface area contributed by atoms with Crippen LogP contribution in [0, 0.1) is 0 Å². The minimum Gasteiger partial charge on any atom is -0.480 e. The molecular weight excluding hydrogens is 254 g/mol. The first-order chi connectivity index (χ1) is 9.61. The highest BCUT2D eigenvalue weighted by Crippen LogP contribution is 2.09. The average molecular weight is 287 g/mol. The number of hydrogen-bond donors (Lipinski definition) is 3. The van der Waals surface area contributed by atoms with Crippen molar-refractivity contribution in [3.8, 4) is 0 Å². The fourth-order valence-electron chi connectivity index (χ4n) is 2.31. The molecule has 0 aromatic carbocycles. The fraction of sp³-hybridized carbons (Fsp3) is 0.938. The summed E-state index contributed by atoms with van der Waals surface area (Å²) in [5.41, 5.74) is 0. The third kappa shape index (κ3) is 11.2. The van der Waals surface area contributed by atoms with Gasteiger partial charge in [-0.25, -0.2) is 0 Å². The maximum Gasteiger partial charge on any atom is 0.320 e. The molecule has 20 heavy (non-hydrogen) atoms. The molecular formula is C16H33NO3. The van der Waals surface area contributed by atoms with Gasteiger partial charge in [-0.05, 0) is 19.3 Å². The summed E-state index contributed by atoms with van der Waals surface area (Å²) in [7, 11) is 0. The Morgan fingerprint density at radius 2 is 1.40 bits per heavy atom. The molecule has 0 aliphatic rings. The minimum atomic E-state index is -0.855. The number of unbranched alkanes of at least 4 members (excludes halogenated alkanes) is 7. The molecule has 0 saturated carbocycles. The summed E-state index contributed by atoms with van der Waals surface area (Å²) in [5, 5.41) is 21.8. The van der Waals surface area contributed by atoms with Crippen molar-refractivity contribution < 1.29 is 15.0 Å². The highest BCUT2D eigenvalue weighted by atomic mass is 16.4. The van der Waals surface area contributed by atoms with Crippen LogP contribution in [0.15, 0.2) is 0 Å². The van der Waals surface area contributed by atoms with Crippen LogP contribution in [0.5, 0.6) is 0 Å². The number of rotatable bonds is 14. The lowest BCUT2D eigenvalue weighted by Crippen LogP contribution is -2.43. The van der Waals surface area contributed by atoms with Crippen LogP contribution < -0.4 is 5.32 Å². The first-order valence-corrected chi connectivity index (χ1v) is 8.28. The maximum absolute atomic E-state index is 11.1. The van der Waals surface area contributed by atoms with Crippen molar-refractivity contribution in [3.05, 3.63) is 0 Å². The maximum atomic E-state index is 11.1. The molecule has 0 fully saturated rings. The molecule has 0 rings (SSSR count). The lowest BCUT2D eigenvalue weighted by atomic mass is 10.1. The Kier molecular flexibility index (Phi) is 13.0. The molecule has 0 amide bonds. The van der Waals surface area contributed by atoms with E-state index in [0.29, 0.717) is 12.8 Å². The zero-order valence-electron chi connectivity index (χ0n) is 13.2. The van der Waals surface area contributed by atoms with Crippen molar-refractivity contribution in [1.82, 2.24) is 5.32 Å². The summed E-state index contributed by atoms with van der Waals surface area (Å²) in [4.78, 5) is 11.1. The van der Waals surface area contributed by atoms with E-state index in [2.05, 4.69) is 19.2 Å². The quantitative estimate of drug-likeness (QED) is 0.337. The van der Waals surface area contributed by atoms with E-state index >= 15 is 0 Å². The smallest absolute Gasteiger partial charge is 0.320 e. The molecule has 0 bridgehead atoms. The van der Waals surface area contributed by atoms with Crippen LogP contribution in [-0.2, 0) is 4.79 Å². The molecule has 0 aromatic heterocycles. The van der Waals surface area contributed by atoms with Crippen LogP contribution in [0.3, 0.4) is 0 Å². The van der Waals surface area contributed by atoms with Crippen molar-refractivity contribution in [2.75, 3.05) is 0 Å². The number of nitrogens with one attached hydrogen (secondary N) is 1. The Morgan fingerprint density at radius 3 is 1.95 bits per heavy atom. The molecule has 0 saturated heterocycles. The predicted molar refractivity (Wildman–Crippen MR) is 82.7 cm³/mol. The van der Waals surface area contributed by atoms with Gasteiger partial charge in [0.2, 0.25) is 0 Å². The Balaban J connectivity index is 3.78. The molecule has 3 N–H and O–H groups in total. The van der Waals surface area contributed by atoms with Crippen LogP contribution in [0.25, 0.3) is 0 Å². The van der Waals surface area contributed by atoms with Gasteiger partial charge < -0.3 is 10.2 Å². The number of carbonyl (C=O) groups is 1. The third-order valence-electron chi connectivity index (χ3n) is 3.62. The van der Waals surface area contributed by atoms with Crippen molar-refractivity contribution in [2.45, 2.75) is 96.7 Å². The van der Waals surface area contributed by atoms with Gasteiger partial charge in [0.05, 0.1) is 0 Å². The van der Waals surface area contributed by atoms with Crippen molar-refractivity contribution in [2.24, 2.45) is 0 Å². The molecule has 4 heteroatoms. The molecule has 0 aromatic rings. The number of carboxylic acids is 1. The molecule has 0 radical (unpaired) electrons. The van der Waals surface area contributed by atoms with Crippen LogP contribution in [0.4, 0.5) is 0 Å². The molecule has 2 unspecified atom stereocenters. The van der Waals surface area contributed by atoms with E-state index < -0.39 is 18.2 Å². The molecule has 0 heterocycles. The van der Waals surface area contributed by atoms with Gasteiger partial charge in [-0.1, -0.05) is 65.2 Å². The average Bonchev–Trinajstić information content (AvgIpc) is 2.41. The predicted octanol–water partition coefficient (Wildman–Crippen LogP) is 3.68. The second kappa shape index (κ2) is 13.4. The monoisotopic (exact) mass is 287 g/mol. The van der Waals surface area contributed by atoms with E-state index in [4.69, 9.17) is 5.11 Å². The van der Waals surface area contributed by atoms with Crippen molar-refractivity contribution in [1.29, 1.82) is 0 Å². The Morgan fingerprint density at radius 1 is 0.900 bits per heavy atom. The van der Waals surface area contributed by atoms with E-state index in [-0.39, 0.29) is 0 Å². The van der Waals surface area contributed by atoms with Gasteiger partial charge in [-0.15, -0.1) is 0 Å². The lowest BCUT2D eigenvalue weighted by Gasteiger charge is -2.19. The standard InChI is InChI=1S/C16H33NO3/c1-3-5-7-9-11-13-15(18)17-14(16(19)20)12-10-8-6-4-2/h14-15,17-18H,3-13H2,1-2H3,(H,19,20). The normalized spacial score (nSPS) is 14.2. The van der Waals surface area contributed by atoms with Crippen molar-refractivity contribution in [3.63, 3.8) is 0 Å². The lowest BCUT2D eigenvalue weighted by molar-refractivity contribution is -0.140. The Bertz CT molecular complexity index is 234. The van der Waals surface area contributed by atoms with E-state index in [0.717, 1.165) is 38.5 Å². The number of aliphatic carboxylic acids is 1. The van der Waals surface area contributed by atoms with E-state index in [1.807, 2.05) is 0 Å². The van der Waals surface area contributed by atoms with Gasteiger partial charge >= 0.3 is 5.97 Å². The summed E-state index contributed by atoms with van der Waals surface area (Å²) in [6.45, 7) is 4.31. The molecule has 0 spiro atoms. The molecule has 2 atom stereocenters. The summed E-state index contributed by atoms with van der Waals surface area (Å²) in [6, 6.07) is -0.613. The summed E-state index contributed by atoms with van der Waals surface area (Å²) in [6.07, 6.45) is 10.5. The van der Waals surface area contributed by atoms with Gasteiger partial charge in [0.25, 0.3) is 0 Å². The first-order valence-electron chi connectivity index (χ1n) is 8.28. The number of hydrogen-bond acceptors (Lipinski definition) is 3. The third-order valence-corrected chi connectivity index (χ3v) is 3.62. The number of aliphatic hydroxyl groups excluding tert-OH is 1.